The largest absolute Gasteiger partial charge is 0.481 e. The van der Waals surface area contributed by atoms with E-state index in [4.69, 9.17) is 9.84 Å². The van der Waals surface area contributed by atoms with Crippen LogP contribution in [0.2, 0.25) is 0 Å². The summed E-state index contributed by atoms with van der Waals surface area (Å²) in [5.74, 6) is -0.995. The van der Waals surface area contributed by atoms with Gasteiger partial charge in [0.25, 0.3) is 0 Å². The second-order valence-electron chi connectivity index (χ2n) is 5.45. The van der Waals surface area contributed by atoms with Crippen molar-refractivity contribution >= 4 is 5.97 Å². The number of hydrogen-bond donors (Lipinski definition) is 1. The van der Waals surface area contributed by atoms with Crippen LogP contribution >= 0.6 is 0 Å². The van der Waals surface area contributed by atoms with E-state index in [1.807, 2.05) is 19.1 Å². The van der Waals surface area contributed by atoms with E-state index < -0.39 is 5.97 Å². The van der Waals surface area contributed by atoms with Gasteiger partial charge in [0.15, 0.2) is 0 Å². The van der Waals surface area contributed by atoms with Crippen molar-refractivity contribution in [1.29, 1.82) is 0 Å². The van der Waals surface area contributed by atoms with Crippen LogP contribution in [-0.2, 0) is 9.53 Å². The van der Waals surface area contributed by atoms with E-state index in [9.17, 15) is 9.18 Å². The van der Waals surface area contributed by atoms with Crippen molar-refractivity contribution in [3.8, 4) is 0 Å². The minimum Gasteiger partial charge on any atom is -0.481 e. The Morgan fingerprint density at radius 2 is 2.10 bits per heavy atom. The van der Waals surface area contributed by atoms with Gasteiger partial charge >= 0.3 is 5.97 Å². The molecule has 0 aromatic heterocycles. The predicted octanol–water partition coefficient (Wildman–Crippen LogP) is 2.84. The molecular formula is C16H22FNO3. The van der Waals surface area contributed by atoms with Gasteiger partial charge in [-0.15, -0.1) is 0 Å². The average Bonchev–Trinajstić information content (AvgIpc) is 2.47. The first kappa shape index (κ1) is 15.9. The monoisotopic (exact) mass is 295 g/mol. The maximum atomic E-state index is 13.8. The lowest BCUT2D eigenvalue weighted by atomic mass is 10.0. The molecule has 1 fully saturated rings. The van der Waals surface area contributed by atoms with Crippen LogP contribution < -0.4 is 0 Å². The van der Waals surface area contributed by atoms with E-state index in [0.717, 1.165) is 31.5 Å². The van der Waals surface area contributed by atoms with Crippen LogP contribution in [0.4, 0.5) is 4.39 Å². The van der Waals surface area contributed by atoms with E-state index in [1.54, 1.807) is 6.07 Å². The van der Waals surface area contributed by atoms with Crippen molar-refractivity contribution in [3.05, 3.63) is 35.6 Å². The molecule has 5 heteroatoms. The molecule has 1 aliphatic rings. The third-order valence-electron chi connectivity index (χ3n) is 4.05. The number of rotatable bonds is 6. The number of aliphatic carboxylic acids is 1. The zero-order chi connectivity index (χ0) is 15.2. The summed E-state index contributed by atoms with van der Waals surface area (Å²) in [5, 5.41) is 8.59. The minimum atomic E-state index is -0.833. The first-order valence-electron chi connectivity index (χ1n) is 7.40. The summed E-state index contributed by atoms with van der Waals surface area (Å²) in [6.45, 7) is 3.97. The lowest BCUT2D eigenvalue weighted by molar-refractivity contribution is -0.138. The summed E-state index contributed by atoms with van der Waals surface area (Å²) >= 11 is 0. The molecule has 0 saturated carbocycles. The van der Waals surface area contributed by atoms with Crippen LogP contribution in [-0.4, -0.2) is 41.8 Å². The predicted molar refractivity (Wildman–Crippen MR) is 77.6 cm³/mol. The standard InChI is InChI=1S/C16H22FNO3/c1-12(14-4-2-3-5-15(14)17)18-9-6-13(7-10-18)21-11-8-16(19)20/h2-5,12-13H,6-11H2,1H3,(H,19,20). The fourth-order valence-electron chi connectivity index (χ4n) is 2.75. The number of ether oxygens (including phenoxy) is 1. The highest BCUT2D eigenvalue weighted by molar-refractivity contribution is 5.66. The van der Waals surface area contributed by atoms with Gasteiger partial charge in [0.2, 0.25) is 0 Å². The fourth-order valence-corrected chi connectivity index (χ4v) is 2.75. The molecule has 2 rings (SSSR count). The Hall–Kier alpha value is -1.46. The zero-order valence-corrected chi connectivity index (χ0v) is 12.3. The number of piperidine rings is 1. The number of carbonyl (C=O) groups is 1. The highest BCUT2D eigenvalue weighted by Gasteiger charge is 2.25. The molecule has 0 spiro atoms. The number of carboxylic acids is 1. The molecule has 1 aromatic carbocycles. The van der Waals surface area contributed by atoms with Crippen molar-refractivity contribution in [2.24, 2.45) is 0 Å². The van der Waals surface area contributed by atoms with Crippen LogP contribution in [0.25, 0.3) is 0 Å². The zero-order valence-electron chi connectivity index (χ0n) is 12.3. The van der Waals surface area contributed by atoms with Crippen LogP contribution in [0.1, 0.15) is 37.8 Å². The highest BCUT2D eigenvalue weighted by atomic mass is 19.1. The number of nitrogens with zero attached hydrogens (tertiary/aromatic N) is 1. The maximum absolute atomic E-state index is 13.8. The Labute approximate surface area is 124 Å². The smallest absolute Gasteiger partial charge is 0.305 e. The fraction of sp³-hybridized carbons (Fsp3) is 0.562. The molecule has 0 amide bonds. The lowest BCUT2D eigenvalue weighted by Gasteiger charge is -2.36. The van der Waals surface area contributed by atoms with Crippen LogP contribution in [0.5, 0.6) is 0 Å². The molecule has 4 nitrogen and oxygen atoms in total. The SMILES string of the molecule is CC(c1ccccc1F)N1CCC(OCCC(=O)O)CC1. The van der Waals surface area contributed by atoms with Crippen molar-refractivity contribution in [1.82, 2.24) is 4.90 Å². The molecule has 1 aliphatic heterocycles. The van der Waals surface area contributed by atoms with Crippen LogP contribution in [0.3, 0.4) is 0 Å². The first-order chi connectivity index (χ1) is 10.1. The Kier molecular flexibility index (Phi) is 5.70. The summed E-state index contributed by atoms with van der Waals surface area (Å²) in [5.41, 5.74) is 0.725. The van der Waals surface area contributed by atoms with Gasteiger partial charge in [-0.25, -0.2) is 4.39 Å². The number of halogens is 1. The molecule has 116 valence electrons. The van der Waals surface area contributed by atoms with Crippen LogP contribution in [0.15, 0.2) is 24.3 Å². The summed E-state index contributed by atoms with van der Waals surface area (Å²) in [4.78, 5) is 12.7. The molecule has 1 heterocycles. The van der Waals surface area contributed by atoms with E-state index >= 15 is 0 Å². The third-order valence-corrected chi connectivity index (χ3v) is 4.05. The van der Waals surface area contributed by atoms with Gasteiger partial charge in [0.05, 0.1) is 19.1 Å². The second-order valence-corrected chi connectivity index (χ2v) is 5.45. The van der Waals surface area contributed by atoms with Crippen molar-refractivity contribution in [2.45, 2.75) is 38.3 Å². The number of hydrogen-bond acceptors (Lipinski definition) is 3. The topological polar surface area (TPSA) is 49.8 Å². The number of likely N-dealkylation sites (tertiary alicyclic amines) is 1. The Morgan fingerprint density at radius 3 is 2.71 bits per heavy atom. The van der Waals surface area contributed by atoms with Crippen molar-refractivity contribution < 1.29 is 19.0 Å². The summed E-state index contributed by atoms with van der Waals surface area (Å²) in [7, 11) is 0. The number of benzene rings is 1. The Balaban J connectivity index is 1.81. The summed E-state index contributed by atoms with van der Waals surface area (Å²) in [6, 6.07) is 6.93. The maximum Gasteiger partial charge on any atom is 0.305 e. The summed E-state index contributed by atoms with van der Waals surface area (Å²) < 4.78 is 19.4. The lowest BCUT2D eigenvalue weighted by Crippen LogP contribution is -2.39. The minimum absolute atomic E-state index is 0.0474. The van der Waals surface area contributed by atoms with Gasteiger partial charge < -0.3 is 9.84 Å². The molecule has 1 saturated heterocycles. The number of carboxylic acid groups (broad SMARTS) is 1. The van der Waals surface area contributed by atoms with E-state index in [-0.39, 0.29) is 31.0 Å². The third kappa shape index (κ3) is 4.51. The van der Waals surface area contributed by atoms with Gasteiger partial charge in [0.1, 0.15) is 5.82 Å². The molecule has 1 atom stereocenters. The molecule has 0 bridgehead atoms. The van der Waals surface area contributed by atoms with Gasteiger partial charge in [-0.2, -0.15) is 0 Å². The molecule has 1 aromatic rings. The highest BCUT2D eigenvalue weighted by Crippen LogP contribution is 2.26. The molecule has 0 aliphatic carbocycles. The second kappa shape index (κ2) is 7.52. The van der Waals surface area contributed by atoms with E-state index in [2.05, 4.69) is 4.90 Å². The normalized spacial score (nSPS) is 18.6. The van der Waals surface area contributed by atoms with E-state index in [0.29, 0.717) is 0 Å². The van der Waals surface area contributed by atoms with Gasteiger partial charge in [0, 0.05) is 24.7 Å². The van der Waals surface area contributed by atoms with Gasteiger partial charge in [-0.3, -0.25) is 9.69 Å². The van der Waals surface area contributed by atoms with Gasteiger partial charge in [-0.05, 0) is 25.8 Å². The molecule has 1 unspecified atom stereocenters. The van der Waals surface area contributed by atoms with Crippen LogP contribution in [0, 0.1) is 5.82 Å². The first-order valence-corrected chi connectivity index (χ1v) is 7.40. The van der Waals surface area contributed by atoms with E-state index in [1.165, 1.54) is 6.07 Å². The Morgan fingerprint density at radius 1 is 1.43 bits per heavy atom. The van der Waals surface area contributed by atoms with Crippen molar-refractivity contribution in [3.63, 3.8) is 0 Å². The van der Waals surface area contributed by atoms with Crippen molar-refractivity contribution in [2.75, 3.05) is 19.7 Å². The Bertz CT molecular complexity index is 472. The average molecular weight is 295 g/mol. The quantitative estimate of drug-likeness (QED) is 0.876. The molecule has 1 N–H and O–H groups in total. The van der Waals surface area contributed by atoms with Gasteiger partial charge in [-0.1, -0.05) is 18.2 Å². The summed E-state index contributed by atoms with van der Waals surface area (Å²) in [6.07, 6.45) is 1.89. The molecule has 21 heavy (non-hydrogen) atoms. The molecular weight excluding hydrogens is 273 g/mol. The molecule has 0 radical (unpaired) electrons.